The second-order valence-electron chi connectivity index (χ2n) is 4.79. The average molecular weight is 290 g/mol. The highest BCUT2D eigenvalue weighted by Gasteiger charge is 2.10. The van der Waals surface area contributed by atoms with Crippen LogP contribution >= 0.6 is 0 Å². The highest BCUT2D eigenvalue weighted by Crippen LogP contribution is 2.30. The molecule has 0 bridgehead atoms. The number of nitrogens with zero attached hydrogens (tertiary/aromatic N) is 1. The molecule has 0 aliphatic heterocycles. The van der Waals surface area contributed by atoms with Crippen LogP contribution in [0, 0.1) is 0 Å². The van der Waals surface area contributed by atoms with Crippen molar-refractivity contribution >= 4 is 11.6 Å². The number of hydrogen-bond donors (Lipinski definition) is 2. The zero-order valence-corrected chi connectivity index (χ0v) is 11.7. The first-order valence-electron chi connectivity index (χ1n) is 6.84. The molecule has 1 aromatic heterocycles. The lowest BCUT2D eigenvalue weighted by molar-refractivity contribution is 0.102. The lowest BCUT2D eigenvalue weighted by Crippen LogP contribution is -2.12. The van der Waals surface area contributed by atoms with Gasteiger partial charge in [-0.25, -0.2) is 0 Å². The number of anilines is 1. The number of pyridine rings is 1. The van der Waals surface area contributed by atoms with E-state index in [1.165, 1.54) is 6.20 Å². The molecule has 108 valence electrons. The second kappa shape index (κ2) is 6.10. The summed E-state index contributed by atoms with van der Waals surface area (Å²) in [6, 6.07) is 18.2. The molecule has 0 spiro atoms. The lowest BCUT2D eigenvalue weighted by Gasteiger charge is -2.10. The largest absolute Gasteiger partial charge is 0.506 e. The number of benzene rings is 2. The average Bonchev–Trinajstić information content (AvgIpc) is 2.58. The Morgan fingerprint density at radius 3 is 2.50 bits per heavy atom. The normalized spacial score (nSPS) is 10.2. The van der Waals surface area contributed by atoms with E-state index in [0.29, 0.717) is 11.3 Å². The fourth-order valence-electron chi connectivity index (χ4n) is 2.14. The number of aromatic nitrogens is 1. The Labute approximate surface area is 128 Å². The van der Waals surface area contributed by atoms with Crippen LogP contribution in [0.15, 0.2) is 73.1 Å². The minimum absolute atomic E-state index is 0.0249. The Bertz CT molecular complexity index is 787. The summed E-state index contributed by atoms with van der Waals surface area (Å²) in [6.07, 6.45) is 3.08. The number of aromatic hydroxyl groups is 1. The number of phenolic OH excluding ortho intramolecular Hbond substituents is 1. The number of amides is 1. The Kier molecular flexibility index (Phi) is 3.83. The van der Waals surface area contributed by atoms with Gasteiger partial charge in [0.15, 0.2) is 0 Å². The molecule has 0 aliphatic carbocycles. The summed E-state index contributed by atoms with van der Waals surface area (Å²) in [5, 5.41) is 12.7. The number of nitrogens with one attached hydrogen (secondary N) is 1. The standard InChI is InChI=1S/C18H14N2O2/c21-17-9-8-14(13-5-2-1-3-6-13)11-16(17)20-18(22)15-7-4-10-19-12-15/h1-12,21H,(H,20,22). The monoisotopic (exact) mass is 290 g/mol. The molecule has 0 unspecified atom stereocenters. The molecule has 2 aromatic carbocycles. The van der Waals surface area contributed by atoms with Crippen LogP contribution in [0.4, 0.5) is 5.69 Å². The summed E-state index contributed by atoms with van der Waals surface area (Å²) in [7, 11) is 0. The van der Waals surface area contributed by atoms with Gasteiger partial charge in [0.1, 0.15) is 5.75 Å². The van der Waals surface area contributed by atoms with Gasteiger partial charge < -0.3 is 10.4 Å². The summed E-state index contributed by atoms with van der Waals surface area (Å²) < 4.78 is 0. The Balaban J connectivity index is 1.89. The molecule has 0 aliphatic rings. The molecule has 22 heavy (non-hydrogen) atoms. The first-order valence-corrected chi connectivity index (χ1v) is 6.84. The molecule has 0 atom stereocenters. The third kappa shape index (κ3) is 2.96. The number of phenols is 1. The number of rotatable bonds is 3. The van der Waals surface area contributed by atoms with Gasteiger partial charge in [0, 0.05) is 12.4 Å². The topological polar surface area (TPSA) is 62.2 Å². The molecule has 3 aromatic rings. The first kappa shape index (κ1) is 13.8. The van der Waals surface area contributed by atoms with E-state index in [1.807, 2.05) is 36.4 Å². The van der Waals surface area contributed by atoms with Crippen molar-refractivity contribution in [1.82, 2.24) is 4.98 Å². The fourth-order valence-corrected chi connectivity index (χ4v) is 2.14. The summed E-state index contributed by atoms with van der Waals surface area (Å²) in [5.74, 6) is -0.287. The van der Waals surface area contributed by atoms with Crippen molar-refractivity contribution in [1.29, 1.82) is 0 Å². The van der Waals surface area contributed by atoms with Crippen molar-refractivity contribution in [3.05, 3.63) is 78.6 Å². The van der Waals surface area contributed by atoms with Gasteiger partial charge in [-0.15, -0.1) is 0 Å². The SMILES string of the molecule is O=C(Nc1cc(-c2ccccc2)ccc1O)c1cccnc1. The van der Waals surface area contributed by atoms with Crippen LogP contribution in [0.2, 0.25) is 0 Å². The van der Waals surface area contributed by atoms with Crippen LogP contribution in [-0.2, 0) is 0 Å². The van der Waals surface area contributed by atoms with Crippen LogP contribution < -0.4 is 5.32 Å². The molecule has 0 radical (unpaired) electrons. The van der Waals surface area contributed by atoms with E-state index in [9.17, 15) is 9.90 Å². The van der Waals surface area contributed by atoms with Gasteiger partial charge in [-0.2, -0.15) is 0 Å². The lowest BCUT2D eigenvalue weighted by atomic mass is 10.0. The van der Waals surface area contributed by atoms with E-state index >= 15 is 0 Å². The highest BCUT2D eigenvalue weighted by atomic mass is 16.3. The summed E-state index contributed by atoms with van der Waals surface area (Å²) in [4.78, 5) is 16.1. The zero-order chi connectivity index (χ0) is 15.4. The predicted octanol–water partition coefficient (Wildman–Crippen LogP) is 3.71. The minimum Gasteiger partial charge on any atom is -0.506 e. The van der Waals surface area contributed by atoms with E-state index < -0.39 is 0 Å². The quantitative estimate of drug-likeness (QED) is 0.723. The third-order valence-electron chi connectivity index (χ3n) is 3.28. The van der Waals surface area contributed by atoms with E-state index in [1.54, 1.807) is 30.5 Å². The van der Waals surface area contributed by atoms with Crippen LogP contribution in [0.25, 0.3) is 11.1 Å². The molecule has 3 rings (SSSR count). The molecule has 0 saturated carbocycles. The number of carbonyl (C=O) groups is 1. The molecule has 0 fully saturated rings. The number of carbonyl (C=O) groups excluding carboxylic acids is 1. The third-order valence-corrected chi connectivity index (χ3v) is 3.28. The molecule has 4 heteroatoms. The smallest absolute Gasteiger partial charge is 0.257 e. The van der Waals surface area contributed by atoms with Gasteiger partial charge in [0.05, 0.1) is 11.3 Å². The van der Waals surface area contributed by atoms with Gasteiger partial charge in [-0.3, -0.25) is 9.78 Å². The van der Waals surface area contributed by atoms with Gasteiger partial charge in [0.2, 0.25) is 0 Å². The van der Waals surface area contributed by atoms with Crippen molar-refractivity contribution < 1.29 is 9.90 Å². The maximum Gasteiger partial charge on any atom is 0.257 e. The second-order valence-corrected chi connectivity index (χ2v) is 4.79. The van der Waals surface area contributed by atoms with Crippen molar-refractivity contribution in [3.63, 3.8) is 0 Å². The fraction of sp³-hybridized carbons (Fsp3) is 0. The molecule has 4 nitrogen and oxygen atoms in total. The van der Waals surface area contributed by atoms with Crippen LogP contribution in [0.1, 0.15) is 10.4 Å². The van der Waals surface area contributed by atoms with Gasteiger partial charge >= 0.3 is 0 Å². The van der Waals surface area contributed by atoms with Crippen LogP contribution in [0.3, 0.4) is 0 Å². The highest BCUT2D eigenvalue weighted by molar-refractivity contribution is 6.05. The summed E-state index contributed by atoms with van der Waals surface area (Å²) >= 11 is 0. The molecular formula is C18H14N2O2. The zero-order valence-electron chi connectivity index (χ0n) is 11.7. The van der Waals surface area contributed by atoms with Gasteiger partial charge in [-0.05, 0) is 35.4 Å². The number of hydrogen-bond acceptors (Lipinski definition) is 3. The molecule has 0 saturated heterocycles. The molecule has 1 heterocycles. The van der Waals surface area contributed by atoms with Crippen molar-refractivity contribution in [3.8, 4) is 16.9 Å². The Morgan fingerprint density at radius 2 is 1.77 bits per heavy atom. The Morgan fingerprint density at radius 1 is 0.955 bits per heavy atom. The summed E-state index contributed by atoms with van der Waals surface area (Å²) in [5.41, 5.74) is 2.74. The van der Waals surface area contributed by atoms with E-state index in [-0.39, 0.29) is 11.7 Å². The maximum atomic E-state index is 12.2. The molecule has 2 N–H and O–H groups in total. The maximum absolute atomic E-state index is 12.2. The van der Waals surface area contributed by atoms with Crippen LogP contribution in [-0.4, -0.2) is 16.0 Å². The molecular weight excluding hydrogens is 276 g/mol. The van der Waals surface area contributed by atoms with E-state index in [2.05, 4.69) is 10.3 Å². The van der Waals surface area contributed by atoms with Crippen molar-refractivity contribution in [2.75, 3.05) is 5.32 Å². The van der Waals surface area contributed by atoms with Gasteiger partial charge in [-0.1, -0.05) is 36.4 Å². The van der Waals surface area contributed by atoms with Crippen LogP contribution in [0.5, 0.6) is 5.75 Å². The predicted molar refractivity (Wildman–Crippen MR) is 85.7 cm³/mol. The Hall–Kier alpha value is -3.14. The van der Waals surface area contributed by atoms with Crippen molar-refractivity contribution in [2.45, 2.75) is 0 Å². The van der Waals surface area contributed by atoms with E-state index in [4.69, 9.17) is 0 Å². The summed E-state index contributed by atoms with van der Waals surface area (Å²) in [6.45, 7) is 0. The van der Waals surface area contributed by atoms with E-state index in [0.717, 1.165) is 11.1 Å². The minimum atomic E-state index is -0.311. The first-order chi connectivity index (χ1) is 10.7. The van der Waals surface area contributed by atoms with Gasteiger partial charge in [0.25, 0.3) is 5.91 Å². The molecule has 1 amide bonds. The van der Waals surface area contributed by atoms with Crippen molar-refractivity contribution in [2.24, 2.45) is 0 Å².